The van der Waals surface area contributed by atoms with Gasteiger partial charge in [0.25, 0.3) is 0 Å². The summed E-state index contributed by atoms with van der Waals surface area (Å²) in [6.07, 6.45) is 2.39. The van der Waals surface area contributed by atoms with Crippen LogP contribution in [0.15, 0.2) is 17.5 Å². The van der Waals surface area contributed by atoms with Crippen molar-refractivity contribution in [3.63, 3.8) is 0 Å². The zero-order valence-electron chi connectivity index (χ0n) is 8.72. The molecular formula is C11H17NOS2. The molecule has 0 radical (unpaired) electrons. The minimum absolute atomic E-state index is 0.194. The van der Waals surface area contributed by atoms with Crippen molar-refractivity contribution in [3.05, 3.63) is 22.4 Å². The van der Waals surface area contributed by atoms with E-state index in [9.17, 15) is 0 Å². The lowest BCUT2D eigenvalue weighted by molar-refractivity contribution is 0.0552. The third kappa shape index (κ3) is 3.48. The minimum Gasteiger partial charge on any atom is -0.375 e. The van der Waals surface area contributed by atoms with E-state index < -0.39 is 0 Å². The number of thiophene rings is 1. The fourth-order valence-electron chi connectivity index (χ4n) is 1.70. The number of aryl methyl sites for hydroxylation is 1. The SMILES string of the molecule is NC(CCc1cccs1)C1CSCCO1. The van der Waals surface area contributed by atoms with Crippen LogP contribution in [0.5, 0.6) is 0 Å². The van der Waals surface area contributed by atoms with Crippen LogP contribution in [0.2, 0.25) is 0 Å². The summed E-state index contributed by atoms with van der Waals surface area (Å²) in [6, 6.07) is 4.46. The summed E-state index contributed by atoms with van der Waals surface area (Å²) in [4.78, 5) is 1.42. The topological polar surface area (TPSA) is 35.2 Å². The Morgan fingerprint density at radius 3 is 3.20 bits per heavy atom. The molecule has 0 aliphatic carbocycles. The molecule has 2 nitrogen and oxygen atoms in total. The minimum atomic E-state index is 0.194. The molecule has 0 bridgehead atoms. The number of ether oxygens (including phenoxy) is 1. The van der Waals surface area contributed by atoms with E-state index in [1.807, 2.05) is 23.1 Å². The smallest absolute Gasteiger partial charge is 0.0816 e. The van der Waals surface area contributed by atoms with E-state index in [4.69, 9.17) is 10.5 Å². The van der Waals surface area contributed by atoms with Crippen LogP contribution in [-0.2, 0) is 11.2 Å². The van der Waals surface area contributed by atoms with Crippen molar-refractivity contribution in [3.8, 4) is 0 Å². The van der Waals surface area contributed by atoms with Gasteiger partial charge in [-0.15, -0.1) is 11.3 Å². The molecule has 4 heteroatoms. The molecule has 2 rings (SSSR count). The van der Waals surface area contributed by atoms with Gasteiger partial charge in [-0.1, -0.05) is 6.07 Å². The number of nitrogens with two attached hydrogens (primary N) is 1. The molecule has 1 aliphatic rings. The summed E-state index contributed by atoms with van der Waals surface area (Å²) in [6.45, 7) is 0.863. The Morgan fingerprint density at radius 2 is 2.53 bits per heavy atom. The normalized spacial score (nSPS) is 23.9. The fourth-order valence-corrected chi connectivity index (χ4v) is 3.38. The molecule has 0 aromatic carbocycles. The molecule has 0 spiro atoms. The summed E-state index contributed by atoms with van der Waals surface area (Å²) >= 11 is 3.76. The van der Waals surface area contributed by atoms with Gasteiger partial charge in [-0.05, 0) is 24.3 Å². The summed E-state index contributed by atoms with van der Waals surface area (Å²) in [5.41, 5.74) is 6.13. The van der Waals surface area contributed by atoms with E-state index in [-0.39, 0.29) is 12.1 Å². The molecule has 2 heterocycles. The Hall–Kier alpha value is -0.0300. The standard InChI is InChI=1S/C11H17NOS2/c12-10(11-8-14-7-5-13-11)4-3-9-2-1-6-15-9/h1-2,6,10-11H,3-5,7-8,12H2. The first-order valence-corrected chi connectivity index (χ1v) is 7.37. The molecule has 0 saturated carbocycles. The van der Waals surface area contributed by atoms with Crippen LogP contribution in [0, 0.1) is 0 Å². The van der Waals surface area contributed by atoms with Gasteiger partial charge in [-0.2, -0.15) is 11.8 Å². The quantitative estimate of drug-likeness (QED) is 0.880. The largest absolute Gasteiger partial charge is 0.375 e. The molecule has 2 unspecified atom stereocenters. The van der Waals surface area contributed by atoms with Crippen molar-refractivity contribution in [1.29, 1.82) is 0 Å². The average Bonchev–Trinajstić information content (AvgIpc) is 2.80. The maximum atomic E-state index is 6.13. The third-order valence-corrected chi connectivity index (χ3v) is 4.58. The van der Waals surface area contributed by atoms with Crippen LogP contribution in [-0.4, -0.2) is 30.3 Å². The van der Waals surface area contributed by atoms with Crippen molar-refractivity contribution in [1.82, 2.24) is 0 Å². The maximum absolute atomic E-state index is 6.13. The van der Waals surface area contributed by atoms with Crippen molar-refractivity contribution in [2.45, 2.75) is 25.0 Å². The van der Waals surface area contributed by atoms with Crippen LogP contribution < -0.4 is 5.73 Å². The van der Waals surface area contributed by atoms with Crippen molar-refractivity contribution in [2.24, 2.45) is 5.73 Å². The van der Waals surface area contributed by atoms with Crippen LogP contribution in [0.1, 0.15) is 11.3 Å². The second-order valence-corrected chi connectivity index (χ2v) is 5.95. The van der Waals surface area contributed by atoms with E-state index in [2.05, 4.69) is 17.5 Å². The molecule has 2 N–H and O–H groups in total. The zero-order valence-corrected chi connectivity index (χ0v) is 10.4. The maximum Gasteiger partial charge on any atom is 0.0816 e. The predicted molar refractivity (Wildman–Crippen MR) is 67.7 cm³/mol. The molecule has 1 aliphatic heterocycles. The first-order chi connectivity index (χ1) is 7.36. The average molecular weight is 243 g/mol. The highest BCUT2D eigenvalue weighted by atomic mass is 32.2. The lowest BCUT2D eigenvalue weighted by atomic mass is 10.1. The fraction of sp³-hybridized carbons (Fsp3) is 0.636. The number of hydrogen-bond donors (Lipinski definition) is 1. The van der Waals surface area contributed by atoms with Crippen molar-refractivity contribution < 1.29 is 4.74 Å². The van der Waals surface area contributed by atoms with E-state index in [1.54, 1.807) is 0 Å². The van der Waals surface area contributed by atoms with Gasteiger partial charge in [-0.25, -0.2) is 0 Å². The Labute approximate surface area is 99.2 Å². The van der Waals surface area contributed by atoms with Crippen LogP contribution in [0.3, 0.4) is 0 Å². The Balaban J connectivity index is 1.74. The van der Waals surface area contributed by atoms with Gasteiger partial charge in [-0.3, -0.25) is 0 Å². The summed E-state index contributed by atoms with van der Waals surface area (Å²) in [7, 11) is 0. The highest BCUT2D eigenvalue weighted by molar-refractivity contribution is 7.99. The molecule has 1 aromatic rings. The van der Waals surface area contributed by atoms with Crippen molar-refractivity contribution >= 4 is 23.1 Å². The van der Waals surface area contributed by atoms with Gasteiger partial charge >= 0.3 is 0 Å². The zero-order chi connectivity index (χ0) is 10.5. The first-order valence-electron chi connectivity index (χ1n) is 5.33. The van der Waals surface area contributed by atoms with E-state index in [0.717, 1.165) is 31.0 Å². The number of rotatable bonds is 4. The second-order valence-electron chi connectivity index (χ2n) is 3.77. The lowest BCUT2D eigenvalue weighted by Gasteiger charge is -2.27. The molecule has 0 amide bonds. The van der Waals surface area contributed by atoms with Crippen LogP contribution >= 0.6 is 23.1 Å². The van der Waals surface area contributed by atoms with Gasteiger partial charge in [0.05, 0.1) is 12.7 Å². The van der Waals surface area contributed by atoms with Gasteiger partial charge < -0.3 is 10.5 Å². The predicted octanol–water partition coefficient (Wildman–Crippen LogP) is 2.14. The summed E-state index contributed by atoms with van der Waals surface area (Å²) in [5, 5.41) is 2.12. The molecular weight excluding hydrogens is 226 g/mol. The van der Waals surface area contributed by atoms with Gasteiger partial charge in [0.1, 0.15) is 0 Å². The van der Waals surface area contributed by atoms with E-state index >= 15 is 0 Å². The molecule has 1 fully saturated rings. The first kappa shape index (κ1) is 11.5. The van der Waals surface area contributed by atoms with Crippen molar-refractivity contribution in [2.75, 3.05) is 18.1 Å². The Morgan fingerprint density at radius 1 is 1.60 bits per heavy atom. The van der Waals surface area contributed by atoms with Gasteiger partial charge in [0.15, 0.2) is 0 Å². The van der Waals surface area contributed by atoms with Gasteiger partial charge in [0.2, 0.25) is 0 Å². The van der Waals surface area contributed by atoms with Gasteiger partial charge in [0, 0.05) is 22.4 Å². The van der Waals surface area contributed by atoms with E-state index in [0.29, 0.717) is 0 Å². The number of hydrogen-bond acceptors (Lipinski definition) is 4. The molecule has 2 atom stereocenters. The monoisotopic (exact) mass is 243 g/mol. The molecule has 1 aromatic heterocycles. The second kappa shape index (κ2) is 5.89. The lowest BCUT2D eigenvalue weighted by Crippen LogP contribution is -2.41. The summed E-state index contributed by atoms with van der Waals surface area (Å²) < 4.78 is 5.67. The number of thioether (sulfide) groups is 1. The molecule has 1 saturated heterocycles. The van der Waals surface area contributed by atoms with Crippen LogP contribution in [0.25, 0.3) is 0 Å². The van der Waals surface area contributed by atoms with Crippen LogP contribution in [0.4, 0.5) is 0 Å². The highest BCUT2D eigenvalue weighted by Gasteiger charge is 2.21. The van der Waals surface area contributed by atoms with E-state index in [1.165, 1.54) is 4.88 Å². The summed E-state index contributed by atoms with van der Waals surface area (Å²) in [5.74, 6) is 2.18. The Kier molecular flexibility index (Phi) is 4.50. The Bertz CT molecular complexity index is 270. The highest BCUT2D eigenvalue weighted by Crippen LogP contribution is 2.18. The third-order valence-electron chi connectivity index (χ3n) is 2.62. The molecule has 84 valence electrons. The molecule has 15 heavy (non-hydrogen) atoms.